The molecule has 0 bridgehead atoms. The van der Waals surface area contributed by atoms with Gasteiger partial charge in [-0.15, -0.1) is 0 Å². The first kappa shape index (κ1) is 13.9. The maximum absolute atomic E-state index is 12.2. The van der Waals surface area contributed by atoms with E-state index in [1.165, 1.54) is 5.56 Å². The summed E-state index contributed by atoms with van der Waals surface area (Å²) >= 11 is -2.27. The molecule has 1 atom stereocenters. The van der Waals surface area contributed by atoms with Gasteiger partial charge in [0.25, 0.3) is 0 Å². The Morgan fingerprint density at radius 1 is 1.11 bits per heavy atom. The Morgan fingerprint density at radius 2 is 1.72 bits per heavy atom. The Bertz CT molecular complexity index is 420. The monoisotopic (exact) mass is 314 g/mol. The molecule has 100 valence electrons. The van der Waals surface area contributed by atoms with E-state index >= 15 is 0 Å². The van der Waals surface area contributed by atoms with Gasteiger partial charge in [-0.25, -0.2) is 0 Å². The second-order valence-corrected chi connectivity index (χ2v) is 7.27. The van der Waals surface area contributed by atoms with Crippen LogP contribution in [0.15, 0.2) is 24.3 Å². The third-order valence-corrected chi connectivity index (χ3v) is 6.15. The molecule has 0 aliphatic carbocycles. The third-order valence-electron chi connectivity index (χ3n) is 3.66. The molecule has 1 aliphatic heterocycles. The predicted octanol–water partition coefficient (Wildman–Crippen LogP) is 3.42. The molecule has 0 N–H and O–H groups in total. The molecule has 1 heterocycles. The van der Waals surface area contributed by atoms with Crippen LogP contribution in [-0.4, -0.2) is 14.2 Å². The third kappa shape index (κ3) is 2.59. The standard InChI is InChI=1S/C15H22O2Se/c1-3-5-11-15(12-6-4-2)13-9-7-8-10-14(13)18(16)17-15/h7-10H,3-6,11-12H2,1-2H3. The SMILES string of the molecule is CCCCC1(CCCC)O[Se](=O)c2ccccc21. The van der Waals surface area contributed by atoms with Gasteiger partial charge in [-0.05, 0) is 0 Å². The van der Waals surface area contributed by atoms with E-state index in [0.717, 1.165) is 43.0 Å². The average Bonchev–Trinajstić information content (AvgIpc) is 2.69. The van der Waals surface area contributed by atoms with E-state index in [2.05, 4.69) is 19.9 Å². The first-order valence-electron chi connectivity index (χ1n) is 6.94. The van der Waals surface area contributed by atoms with Gasteiger partial charge in [0.2, 0.25) is 0 Å². The second-order valence-electron chi connectivity index (χ2n) is 5.02. The van der Waals surface area contributed by atoms with Gasteiger partial charge in [-0.3, -0.25) is 0 Å². The molecular weight excluding hydrogens is 291 g/mol. The number of fused-ring (bicyclic) bond motifs is 1. The summed E-state index contributed by atoms with van der Waals surface area (Å²) in [5, 5.41) is 0. The molecule has 0 saturated carbocycles. The summed E-state index contributed by atoms with van der Waals surface area (Å²) < 4.78 is 19.2. The summed E-state index contributed by atoms with van der Waals surface area (Å²) in [5.41, 5.74) is 0.946. The molecule has 18 heavy (non-hydrogen) atoms. The van der Waals surface area contributed by atoms with Crippen molar-refractivity contribution in [2.24, 2.45) is 0 Å². The van der Waals surface area contributed by atoms with E-state index in [9.17, 15) is 3.83 Å². The fourth-order valence-electron chi connectivity index (χ4n) is 2.63. The molecule has 0 saturated heterocycles. The molecular formula is C15H22O2Se. The summed E-state index contributed by atoms with van der Waals surface area (Å²) in [7, 11) is 0. The maximum atomic E-state index is 12.2. The fourth-order valence-corrected chi connectivity index (χ4v) is 5.27. The van der Waals surface area contributed by atoms with Crippen molar-refractivity contribution in [1.82, 2.24) is 0 Å². The molecule has 2 nitrogen and oxygen atoms in total. The van der Waals surface area contributed by atoms with Crippen molar-refractivity contribution >= 4 is 18.6 Å². The zero-order chi connectivity index (χ0) is 13.0. The Labute approximate surface area is 114 Å². The van der Waals surface area contributed by atoms with Gasteiger partial charge in [-0.2, -0.15) is 0 Å². The van der Waals surface area contributed by atoms with Crippen LogP contribution in [0, 0.1) is 0 Å². The van der Waals surface area contributed by atoms with Crippen molar-refractivity contribution in [2.75, 3.05) is 0 Å². The van der Waals surface area contributed by atoms with E-state index in [4.69, 9.17) is 3.82 Å². The molecule has 3 heteroatoms. The summed E-state index contributed by atoms with van der Waals surface area (Å²) in [6.07, 6.45) is 6.59. The van der Waals surface area contributed by atoms with E-state index < -0.39 is 14.2 Å². The van der Waals surface area contributed by atoms with E-state index in [1.807, 2.05) is 18.2 Å². The van der Waals surface area contributed by atoms with Gasteiger partial charge >= 0.3 is 114 Å². The van der Waals surface area contributed by atoms with Crippen LogP contribution in [0.2, 0.25) is 0 Å². The normalized spacial score (nSPS) is 20.9. The number of hydrogen-bond donors (Lipinski definition) is 0. The van der Waals surface area contributed by atoms with Crippen LogP contribution in [0.1, 0.15) is 57.9 Å². The van der Waals surface area contributed by atoms with Crippen molar-refractivity contribution in [3.63, 3.8) is 0 Å². The zero-order valence-corrected chi connectivity index (χ0v) is 13.0. The molecule has 0 spiro atoms. The van der Waals surface area contributed by atoms with Gasteiger partial charge < -0.3 is 0 Å². The van der Waals surface area contributed by atoms with Crippen molar-refractivity contribution in [2.45, 2.75) is 58.0 Å². The van der Waals surface area contributed by atoms with Gasteiger partial charge in [-0.1, -0.05) is 0 Å². The average molecular weight is 313 g/mol. The zero-order valence-electron chi connectivity index (χ0n) is 11.3. The Kier molecular flexibility index (Phi) is 4.71. The quantitative estimate of drug-likeness (QED) is 0.752. The number of hydrogen-bond acceptors (Lipinski definition) is 2. The van der Waals surface area contributed by atoms with Gasteiger partial charge in [0.05, 0.1) is 0 Å². The van der Waals surface area contributed by atoms with Crippen molar-refractivity contribution in [3.8, 4) is 0 Å². The summed E-state index contributed by atoms with van der Waals surface area (Å²) in [6, 6.07) is 8.10. The molecule has 0 aromatic heterocycles. The van der Waals surface area contributed by atoms with Crippen LogP contribution < -0.4 is 4.46 Å². The summed E-state index contributed by atoms with van der Waals surface area (Å²) in [6.45, 7) is 4.39. The van der Waals surface area contributed by atoms with Crippen LogP contribution in [0.5, 0.6) is 0 Å². The number of benzene rings is 1. The van der Waals surface area contributed by atoms with Crippen molar-refractivity contribution < 1.29 is 7.65 Å². The Hall–Kier alpha value is -0.501. The van der Waals surface area contributed by atoms with Crippen molar-refractivity contribution in [3.05, 3.63) is 29.8 Å². The van der Waals surface area contributed by atoms with E-state index in [1.54, 1.807) is 0 Å². The van der Waals surface area contributed by atoms with Crippen LogP contribution >= 0.6 is 0 Å². The van der Waals surface area contributed by atoms with Gasteiger partial charge in [0.15, 0.2) is 0 Å². The minimum atomic E-state index is -2.27. The van der Waals surface area contributed by atoms with E-state index in [-0.39, 0.29) is 5.60 Å². The number of rotatable bonds is 6. The fraction of sp³-hybridized carbons (Fsp3) is 0.600. The molecule has 1 aromatic carbocycles. The molecule has 0 radical (unpaired) electrons. The topological polar surface area (TPSA) is 26.3 Å². The van der Waals surface area contributed by atoms with Crippen LogP contribution in [0.25, 0.3) is 0 Å². The second kappa shape index (κ2) is 6.10. The molecule has 0 fully saturated rings. The predicted molar refractivity (Wildman–Crippen MR) is 74.3 cm³/mol. The van der Waals surface area contributed by atoms with Gasteiger partial charge in [0, 0.05) is 0 Å². The molecule has 1 aromatic rings. The first-order chi connectivity index (χ1) is 8.73. The van der Waals surface area contributed by atoms with E-state index in [0.29, 0.717) is 0 Å². The Balaban J connectivity index is 2.33. The Morgan fingerprint density at radius 3 is 2.33 bits per heavy atom. The molecule has 1 unspecified atom stereocenters. The molecule has 0 amide bonds. The van der Waals surface area contributed by atoms with Crippen LogP contribution in [-0.2, 0) is 13.3 Å². The van der Waals surface area contributed by atoms with Crippen molar-refractivity contribution in [1.29, 1.82) is 0 Å². The minimum absolute atomic E-state index is 0.255. The first-order valence-corrected chi connectivity index (χ1v) is 9.20. The molecule has 1 aliphatic rings. The number of unbranched alkanes of at least 4 members (excludes halogenated alkanes) is 2. The summed E-state index contributed by atoms with van der Waals surface area (Å²) in [4.78, 5) is 0. The summed E-state index contributed by atoms with van der Waals surface area (Å²) in [5.74, 6) is 0. The van der Waals surface area contributed by atoms with Crippen LogP contribution in [0.4, 0.5) is 0 Å². The van der Waals surface area contributed by atoms with Gasteiger partial charge in [0.1, 0.15) is 0 Å². The van der Waals surface area contributed by atoms with Crippen LogP contribution in [0.3, 0.4) is 0 Å². The molecule has 2 rings (SSSR count).